The molecule has 0 unspecified atom stereocenters. The minimum atomic E-state index is -1.22. The van der Waals surface area contributed by atoms with Crippen molar-refractivity contribution in [2.45, 2.75) is 30.7 Å². The van der Waals surface area contributed by atoms with E-state index in [4.69, 9.17) is 19.7 Å². The summed E-state index contributed by atoms with van der Waals surface area (Å²) in [5.74, 6) is 0. The summed E-state index contributed by atoms with van der Waals surface area (Å²) >= 11 is 0. The van der Waals surface area contributed by atoms with Crippen LogP contribution in [0.25, 0.3) is 0 Å². The van der Waals surface area contributed by atoms with Crippen molar-refractivity contribution in [1.82, 2.24) is 0 Å². The summed E-state index contributed by atoms with van der Waals surface area (Å²) in [6.45, 7) is 0.166. The molecule has 0 aromatic heterocycles. The van der Waals surface area contributed by atoms with Crippen molar-refractivity contribution >= 4 is 0 Å². The largest absolute Gasteiger partial charge is 0.388 e. The first kappa shape index (κ1) is 7.45. The molecule has 2 aliphatic rings. The van der Waals surface area contributed by atoms with E-state index in [0.29, 0.717) is 0 Å². The van der Waals surface area contributed by atoms with Gasteiger partial charge in [-0.15, -0.1) is 0 Å². The Bertz CT molecular complexity index is 161. The van der Waals surface area contributed by atoms with Gasteiger partial charge in [-0.3, -0.25) is 0 Å². The van der Waals surface area contributed by atoms with Gasteiger partial charge in [0.2, 0.25) is 0 Å². The highest BCUT2D eigenvalue weighted by atomic mass is 16.7. The van der Waals surface area contributed by atoms with E-state index in [2.05, 4.69) is 0 Å². The van der Waals surface area contributed by atoms with Crippen molar-refractivity contribution in [2.24, 2.45) is 0 Å². The van der Waals surface area contributed by atoms with E-state index in [0.717, 1.165) is 0 Å². The van der Waals surface area contributed by atoms with Crippen LogP contribution in [0.4, 0.5) is 0 Å². The lowest BCUT2D eigenvalue weighted by molar-refractivity contribution is -0.149. The molecule has 2 heterocycles. The van der Waals surface area contributed by atoms with E-state index in [1.165, 1.54) is 0 Å². The average molecular weight is 162 g/mol. The Labute approximate surface area is 63.2 Å². The highest BCUT2D eigenvalue weighted by Crippen LogP contribution is 2.29. The molecule has 2 fully saturated rings. The lowest BCUT2D eigenvalue weighted by atomic mass is 10.1. The molecule has 64 valence electrons. The zero-order chi connectivity index (χ0) is 8.01. The fraction of sp³-hybridized carbons (Fsp3) is 1.00. The SMILES string of the molecule is O[C@@H]1[C@H]2OC[C@@H](O)[C@H]2O[C@@H]1O. The molecule has 11 heavy (non-hydrogen) atoms. The highest BCUT2D eigenvalue weighted by Gasteiger charge is 2.51. The van der Waals surface area contributed by atoms with Gasteiger partial charge in [0.1, 0.15) is 24.4 Å². The van der Waals surface area contributed by atoms with Crippen molar-refractivity contribution in [3.63, 3.8) is 0 Å². The minimum absolute atomic E-state index is 0.166. The minimum Gasteiger partial charge on any atom is -0.388 e. The molecule has 5 atom stereocenters. The van der Waals surface area contributed by atoms with Crippen LogP contribution in [-0.2, 0) is 9.47 Å². The van der Waals surface area contributed by atoms with E-state index in [-0.39, 0.29) is 6.61 Å². The normalized spacial score (nSPS) is 56.5. The van der Waals surface area contributed by atoms with Crippen LogP contribution in [0.3, 0.4) is 0 Å². The summed E-state index contributed by atoms with van der Waals surface area (Å²) in [5, 5.41) is 27.3. The molecule has 3 N–H and O–H groups in total. The average Bonchev–Trinajstić information content (AvgIpc) is 2.43. The van der Waals surface area contributed by atoms with Crippen LogP contribution in [0.5, 0.6) is 0 Å². The summed E-state index contributed by atoms with van der Waals surface area (Å²) in [4.78, 5) is 0. The standard InChI is InChI=1S/C6H10O5/c7-2-1-10-5-3(8)6(9)11-4(2)5/h2-9H,1H2/t2-,3-,4-,5-,6+/m1/s1. The number of aliphatic hydroxyl groups is 3. The maximum absolute atomic E-state index is 9.17. The molecular formula is C6H10O5. The van der Waals surface area contributed by atoms with E-state index >= 15 is 0 Å². The molecule has 0 radical (unpaired) electrons. The van der Waals surface area contributed by atoms with Gasteiger partial charge in [0.05, 0.1) is 6.61 Å². The van der Waals surface area contributed by atoms with Crippen LogP contribution in [-0.4, -0.2) is 52.6 Å². The maximum Gasteiger partial charge on any atom is 0.184 e. The molecule has 0 amide bonds. The van der Waals surface area contributed by atoms with Crippen molar-refractivity contribution in [3.8, 4) is 0 Å². The Morgan fingerprint density at radius 1 is 1.09 bits per heavy atom. The van der Waals surface area contributed by atoms with Gasteiger partial charge in [-0.1, -0.05) is 0 Å². The fourth-order valence-corrected chi connectivity index (χ4v) is 1.48. The molecule has 2 saturated heterocycles. The first-order chi connectivity index (χ1) is 5.20. The molecule has 2 rings (SSSR count). The van der Waals surface area contributed by atoms with Crippen LogP contribution < -0.4 is 0 Å². The molecule has 0 spiro atoms. The third-order valence-corrected chi connectivity index (χ3v) is 2.09. The van der Waals surface area contributed by atoms with Gasteiger partial charge in [0.15, 0.2) is 6.29 Å². The van der Waals surface area contributed by atoms with Crippen molar-refractivity contribution < 1.29 is 24.8 Å². The molecule has 0 aromatic rings. The summed E-state index contributed by atoms with van der Waals surface area (Å²) in [5.41, 5.74) is 0. The Kier molecular flexibility index (Phi) is 1.62. The summed E-state index contributed by atoms with van der Waals surface area (Å²) in [7, 11) is 0. The van der Waals surface area contributed by atoms with Crippen molar-refractivity contribution in [3.05, 3.63) is 0 Å². The maximum atomic E-state index is 9.17. The number of fused-ring (bicyclic) bond motifs is 1. The number of rotatable bonds is 0. The van der Waals surface area contributed by atoms with E-state index < -0.39 is 30.7 Å². The molecule has 2 aliphatic heterocycles. The Hall–Kier alpha value is -0.200. The first-order valence-corrected chi connectivity index (χ1v) is 3.51. The molecule has 5 heteroatoms. The van der Waals surface area contributed by atoms with Gasteiger partial charge in [0, 0.05) is 0 Å². The molecule has 0 aromatic carbocycles. The zero-order valence-electron chi connectivity index (χ0n) is 5.75. The topological polar surface area (TPSA) is 79.2 Å². The number of aliphatic hydroxyl groups excluding tert-OH is 3. The second-order valence-electron chi connectivity index (χ2n) is 2.85. The third-order valence-electron chi connectivity index (χ3n) is 2.09. The van der Waals surface area contributed by atoms with Crippen LogP contribution in [0.1, 0.15) is 0 Å². The second-order valence-corrected chi connectivity index (χ2v) is 2.85. The molecule has 0 bridgehead atoms. The van der Waals surface area contributed by atoms with Gasteiger partial charge in [-0.2, -0.15) is 0 Å². The second kappa shape index (κ2) is 2.40. The number of hydrogen-bond acceptors (Lipinski definition) is 5. The lowest BCUT2D eigenvalue weighted by Gasteiger charge is -2.10. The predicted molar refractivity (Wildman–Crippen MR) is 32.6 cm³/mol. The summed E-state index contributed by atoms with van der Waals surface area (Å²) in [6, 6.07) is 0. The van der Waals surface area contributed by atoms with Crippen LogP contribution >= 0.6 is 0 Å². The van der Waals surface area contributed by atoms with E-state index in [1.807, 2.05) is 0 Å². The van der Waals surface area contributed by atoms with Gasteiger partial charge >= 0.3 is 0 Å². The smallest absolute Gasteiger partial charge is 0.184 e. The molecule has 0 aliphatic carbocycles. The fourth-order valence-electron chi connectivity index (χ4n) is 1.48. The highest BCUT2D eigenvalue weighted by molar-refractivity contribution is 4.95. The van der Waals surface area contributed by atoms with Crippen molar-refractivity contribution in [1.29, 1.82) is 0 Å². The van der Waals surface area contributed by atoms with E-state index in [9.17, 15) is 5.11 Å². The summed E-state index contributed by atoms with van der Waals surface area (Å²) < 4.78 is 9.83. The lowest BCUT2D eigenvalue weighted by Crippen LogP contribution is -2.32. The van der Waals surface area contributed by atoms with Gasteiger partial charge in [0.25, 0.3) is 0 Å². The van der Waals surface area contributed by atoms with E-state index in [1.54, 1.807) is 0 Å². The Morgan fingerprint density at radius 2 is 1.82 bits per heavy atom. The number of hydrogen-bond donors (Lipinski definition) is 3. The van der Waals surface area contributed by atoms with Crippen LogP contribution in [0, 0.1) is 0 Å². The molecular weight excluding hydrogens is 152 g/mol. The monoisotopic (exact) mass is 162 g/mol. The summed E-state index contributed by atoms with van der Waals surface area (Å²) in [6.07, 6.45) is -4.12. The van der Waals surface area contributed by atoms with Crippen molar-refractivity contribution in [2.75, 3.05) is 6.61 Å². The molecule has 5 nitrogen and oxygen atoms in total. The quantitative estimate of drug-likeness (QED) is 0.377. The number of ether oxygens (including phenoxy) is 2. The Morgan fingerprint density at radius 3 is 2.45 bits per heavy atom. The van der Waals surface area contributed by atoms with Crippen LogP contribution in [0.15, 0.2) is 0 Å². The zero-order valence-corrected chi connectivity index (χ0v) is 5.75. The van der Waals surface area contributed by atoms with Crippen LogP contribution in [0.2, 0.25) is 0 Å². The Balaban J connectivity index is 2.12. The van der Waals surface area contributed by atoms with Gasteiger partial charge < -0.3 is 24.8 Å². The first-order valence-electron chi connectivity index (χ1n) is 3.51. The van der Waals surface area contributed by atoms with Gasteiger partial charge in [-0.25, -0.2) is 0 Å². The van der Waals surface area contributed by atoms with Gasteiger partial charge in [-0.05, 0) is 0 Å². The molecule has 0 saturated carbocycles. The third kappa shape index (κ3) is 0.969. The predicted octanol–water partition coefficient (Wildman–Crippen LogP) is -2.18.